The Labute approximate surface area is 94.6 Å². The number of nitrogens with zero attached hydrogens (tertiary/aromatic N) is 1. The van der Waals surface area contributed by atoms with Gasteiger partial charge in [-0.3, -0.25) is 4.98 Å². The van der Waals surface area contributed by atoms with Crippen LogP contribution in [0.1, 0.15) is 11.7 Å². The zero-order valence-electron chi connectivity index (χ0n) is 8.88. The molecule has 0 spiro atoms. The Hall–Kier alpha value is -1.71. The Morgan fingerprint density at radius 3 is 2.50 bits per heavy atom. The highest BCUT2D eigenvalue weighted by Crippen LogP contribution is 2.18. The van der Waals surface area contributed by atoms with Crippen LogP contribution in [0, 0.1) is 0 Å². The lowest BCUT2D eigenvalue weighted by Crippen LogP contribution is -2.16. The Bertz CT molecular complexity index is 456. The molecular formula is C13H14N2O. The minimum atomic E-state index is -0.413. The second-order valence-electron chi connectivity index (χ2n) is 3.60. The molecule has 82 valence electrons. The van der Waals surface area contributed by atoms with Gasteiger partial charge in [-0.1, -0.05) is 36.4 Å². The van der Waals surface area contributed by atoms with Crippen molar-refractivity contribution in [1.82, 2.24) is 4.98 Å². The van der Waals surface area contributed by atoms with E-state index in [1.54, 1.807) is 0 Å². The minimum absolute atomic E-state index is 0.0920. The maximum absolute atomic E-state index is 8.98. The van der Waals surface area contributed by atoms with Crippen LogP contribution >= 0.6 is 0 Å². The first-order valence-corrected chi connectivity index (χ1v) is 5.20. The number of aliphatic hydroxyl groups excluding tert-OH is 1. The van der Waals surface area contributed by atoms with Gasteiger partial charge in [0.05, 0.1) is 24.0 Å². The molecule has 2 aromatic rings. The average molecular weight is 214 g/mol. The van der Waals surface area contributed by atoms with E-state index >= 15 is 0 Å². The van der Waals surface area contributed by atoms with Gasteiger partial charge in [0.1, 0.15) is 0 Å². The highest BCUT2D eigenvalue weighted by atomic mass is 16.3. The van der Waals surface area contributed by atoms with E-state index < -0.39 is 6.04 Å². The van der Waals surface area contributed by atoms with E-state index in [1.807, 2.05) is 48.5 Å². The average Bonchev–Trinajstić information content (AvgIpc) is 2.39. The molecule has 0 unspecified atom stereocenters. The van der Waals surface area contributed by atoms with E-state index in [4.69, 9.17) is 10.8 Å². The summed E-state index contributed by atoms with van der Waals surface area (Å²) in [5.74, 6) is 0. The van der Waals surface area contributed by atoms with Gasteiger partial charge in [-0.2, -0.15) is 0 Å². The van der Waals surface area contributed by atoms with Crippen molar-refractivity contribution >= 4 is 0 Å². The standard InChI is InChI=1S/C13H14N2O/c14-11(9-16)13-8-4-7-12(15-13)10-5-2-1-3-6-10/h1-8,11,16H,9,14H2/t11-/m1/s1. The molecule has 16 heavy (non-hydrogen) atoms. The Morgan fingerprint density at radius 2 is 1.81 bits per heavy atom. The second-order valence-corrected chi connectivity index (χ2v) is 3.60. The molecule has 0 fully saturated rings. The maximum atomic E-state index is 8.98. The van der Waals surface area contributed by atoms with E-state index in [1.165, 1.54) is 0 Å². The van der Waals surface area contributed by atoms with Gasteiger partial charge in [0.2, 0.25) is 0 Å². The van der Waals surface area contributed by atoms with E-state index in [2.05, 4.69) is 4.98 Å². The van der Waals surface area contributed by atoms with Crippen LogP contribution in [-0.4, -0.2) is 16.7 Å². The van der Waals surface area contributed by atoms with E-state index in [-0.39, 0.29) is 6.61 Å². The highest BCUT2D eigenvalue weighted by Gasteiger charge is 2.07. The fraction of sp³-hybridized carbons (Fsp3) is 0.154. The van der Waals surface area contributed by atoms with Crippen molar-refractivity contribution < 1.29 is 5.11 Å². The molecule has 0 saturated carbocycles. The van der Waals surface area contributed by atoms with E-state index in [0.29, 0.717) is 5.69 Å². The number of nitrogens with two attached hydrogens (primary N) is 1. The molecule has 0 amide bonds. The summed E-state index contributed by atoms with van der Waals surface area (Å²) in [4.78, 5) is 4.43. The lowest BCUT2D eigenvalue weighted by atomic mass is 10.1. The molecule has 1 aromatic carbocycles. The van der Waals surface area contributed by atoms with Gasteiger partial charge >= 0.3 is 0 Å². The van der Waals surface area contributed by atoms with Crippen LogP contribution in [0.4, 0.5) is 0 Å². The predicted octanol–water partition coefficient (Wildman–Crippen LogP) is 1.74. The monoisotopic (exact) mass is 214 g/mol. The fourth-order valence-corrected chi connectivity index (χ4v) is 1.52. The molecule has 3 N–H and O–H groups in total. The maximum Gasteiger partial charge on any atom is 0.0706 e. The molecule has 0 aliphatic carbocycles. The van der Waals surface area contributed by atoms with Crippen molar-refractivity contribution in [1.29, 1.82) is 0 Å². The SMILES string of the molecule is N[C@H](CO)c1cccc(-c2ccccc2)n1. The van der Waals surface area contributed by atoms with Gasteiger partial charge in [0, 0.05) is 5.56 Å². The Kier molecular flexibility index (Phi) is 3.29. The first-order chi connectivity index (χ1) is 7.81. The number of benzene rings is 1. The third kappa shape index (κ3) is 2.27. The van der Waals surface area contributed by atoms with Crippen molar-refractivity contribution in [3.05, 3.63) is 54.2 Å². The molecular weight excluding hydrogens is 200 g/mol. The van der Waals surface area contributed by atoms with Crippen LogP contribution in [0.15, 0.2) is 48.5 Å². The van der Waals surface area contributed by atoms with Gasteiger partial charge in [0.15, 0.2) is 0 Å². The van der Waals surface area contributed by atoms with Crippen LogP contribution in [-0.2, 0) is 0 Å². The summed E-state index contributed by atoms with van der Waals surface area (Å²) < 4.78 is 0. The van der Waals surface area contributed by atoms with Gasteiger partial charge in [-0.15, -0.1) is 0 Å². The first-order valence-electron chi connectivity index (χ1n) is 5.20. The summed E-state index contributed by atoms with van der Waals surface area (Å²) in [5.41, 5.74) is 8.37. The molecule has 1 heterocycles. The Balaban J connectivity index is 2.36. The zero-order chi connectivity index (χ0) is 11.4. The molecule has 0 saturated heterocycles. The van der Waals surface area contributed by atoms with Crippen LogP contribution in [0.2, 0.25) is 0 Å². The first kappa shape index (κ1) is 10.8. The molecule has 0 bridgehead atoms. The smallest absolute Gasteiger partial charge is 0.0706 e. The number of aromatic nitrogens is 1. The molecule has 1 atom stereocenters. The molecule has 3 nitrogen and oxygen atoms in total. The van der Waals surface area contributed by atoms with Crippen LogP contribution < -0.4 is 5.73 Å². The number of aliphatic hydroxyl groups is 1. The van der Waals surface area contributed by atoms with Crippen molar-refractivity contribution in [2.24, 2.45) is 5.73 Å². The third-order valence-corrected chi connectivity index (χ3v) is 2.42. The molecule has 0 radical (unpaired) electrons. The topological polar surface area (TPSA) is 59.1 Å². The van der Waals surface area contributed by atoms with Crippen LogP contribution in [0.5, 0.6) is 0 Å². The quantitative estimate of drug-likeness (QED) is 0.818. The van der Waals surface area contributed by atoms with E-state index in [0.717, 1.165) is 11.3 Å². The van der Waals surface area contributed by atoms with Crippen LogP contribution in [0.25, 0.3) is 11.3 Å². The Morgan fingerprint density at radius 1 is 1.06 bits per heavy atom. The summed E-state index contributed by atoms with van der Waals surface area (Å²) in [6.07, 6.45) is 0. The summed E-state index contributed by atoms with van der Waals surface area (Å²) in [7, 11) is 0. The van der Waals surface area contributed by atoms with Crippen molar-refractivity contribution in [2.45, 2.75) is 6.04 Å². The van der Waals surface area contributed by atoms with Crippen molar-refractivity contribution in [3.63, 3.8) is 0 Å². The number of hydrogen-bond donors (Lipinski definition) is 2. The fourth-order valence-electron chi connectivity index (χ4n) is 1.52. The largest absolute Gasteiger partial charge is 0.394 e. The second kappa shape index (κ2) is 4.88. The van der Waals surface area contributed by atoms with Gasteiger partial charge in [0.25, 0.3) is 0 Å². The normalized spacial score (nSPS) is 12.4. The predicted molar refractivity (Wildman–Crippen MR) is 63.7 cm³/mol. The van der Waals surface area contributed by atoms with Crippen molar-refractivity contribution in [3.8, 4) is 11.3 Å². The summed E-state index contributed by atoms with van der Waals surface area (Å²) in [6, 6.07) is 15.1. The zero-order valence-corrected chi connectivity index (χ0v) is 8.88. The number of pyridine rings is 1. The van der Waals surface area contributed by atoms with Crippen LogP contribution in [0.3, 0.4) is 0 Å². The van der Waals surface area contributed by atoms with Crippen molar-refractivity contribution in [2.75, 3.05) is 6.61 Å². The molecule has 1 aromatic heterocycles. The molecule has 0 aliphatic rings. The van der Waals surface area contributed by atoms with E-state index in [9.17, 15) is 0 Å². The molecule has 3 heteroatoms. The number of rotatable bonds is 3. The lowest BCUT2D eigenvalue weighted by molar-refractivity contribution is 0.266. The lowest BCUT2D eigenvalue weighted by Gasteiger charge is -2.09. The van der Waals surface area contributed by atoms with Gasteiger partial charge < -0.3 is 10.8 Å². The van der Waals surface area contributed by atoms with Gasteiger partial charge in [-0.25, -0.2) is 0 Å². The molecule has 0 aliphatic heterocycles. The molecule has 2 rings (SSSR count). The highest BCUT2D eigenvalue weighted by molar-refractivity contribution is 5.58. The third-order valence-electron chi connectivity index (χ3n) is 2.42. The summed E-state index contributed by atoms with van der Waals surface area (Å²) >= 11 is 0. The van der Waals surface area contributed by atoms with Gasteiger partial charge in [-0.05, 0) is 12.1 Å². The summed E-state index contributed by atoms with van der Waals surface area (Å²) in [5, 5.41) is 8.98. The summed E-state index contributed by atoms with van der Waals surface area (Å²) in [6.45, 7) is -0.0920. The minimum Gasteiger partial charge on any atom is -0.394 e. The number of hydrogen-bond acceptors (Lipinski definition) is 3.